The first-order valence-electron chi connectivity index (χ1n) is 10.0. The Kier molecular flexibility index (Phi) is 7.30. The molecule has 9 heteroatoms. The molecule has 0 saturated heterocycles. The van der Waals surface area contributed by atoms with Crippen molar-refractivity contribution in [2.75, 3.05) is 11.8 Å². The second kappa shape index (κ2) is 9.79. The molecule has 170 valence electrons. The molecule has 0 fully saturated rings. The molecular formula is C23H26N2O5S2. The Morgan fingerprint density at radius 2 is 1.88 bits per heavy atom. The summed E-state index contributed by atoms with van der Waals surface area (Å²) in [5, 5.41) is 3.94. The summed E-state index contributed by atoms with van der Waals surface area (Å²) in [6, 6.07) is 14.1. The van der Waals surface area contributed by atoms with Gasteiger partial charge in [-0.15, -0.1) is 0 Å². The molecule has 0 spiro atoms. The highest BCUT2D eigenvalue weighted by molar-refractivity contribution is 7.99. The van der Waals surface area contributed by atoms with Crippen molar-refractivity contribution in [3.63, 3.8) is 0 Å². The summed E-state index contributed by atoms with van der Waals surface area (Å²) < 4.78 is 39.2. The minimum Gasteiger partial charge on any atom is -0.497 e. The minimum atomic E-state index is -3.89. The van der Waals surface area contributed by atoms with Crippen molar-refractivity contribution in [2.24, 2.45) is 0 Å². The number of hydrogen-bond acceptors (Lipinski definition) is 7. The second-order valence-electron chi connectivity index (χ2n) is 8.15. The smallest absolute Gasteiger partial charge is 0.263 e. The fraction of sp³-hybridized carbons (Fsp3) is 0.304. The van der Waals surface area contributed by atoms with Crippen LogP contribution in [0.4, 0.5) is 5.82 Å². The van der Waals surface area contributed by atoms with E-state index >= 15 is 0 Å². The number of benzene rings is 2. The van der Waals surface area contributed by atoms with E-state index in [1.54, 1.807) is 31.4 Å². The third-order valence-electron chi connectivity index (χ3n) is 4.73. The molecule has 1 N–H and O–H groups in total. The van der Waals surface area contributed by atoms with E-state index in [0.717, 1.165) is 16.7 Å². The van der Waals surface area contributed by atoms with Crippen molar-refractivity contribution in [2.45, 2.75) is 53.7 Å². The van der Waals surface area contributed by atoms with Crippen LogP contribution in [0.3, 0.4) is 0 Å². The first kappa shape index (κ1) is 23.9. The molecular weight excluding hydrogens is 448 g/mol. The van der Waals surface area contributed by atoms with E-state index < -0.39 is 10.0 Å². The number of hydrogen-bond donors (Lipinski definition) is 1. The molecule has 32 heavy (non-hydrogen) atoms. The second-order valence-corrected chi connectivity index (χ2v) is 10.9. The van der Waals surface area contributed by atoms with Gasteiger partial charge in [-0.1, -0.05) is 55.9 Å². The molecule has 3 rings (SSSR count). The summed E-state index contributed by atoms with van der Waals surface area (Å²) in [5.41, 5.74) is 0.943. The van der Waals surface area contributed by atoms with Gasteiger partial charge >= 0.3 is 0 Å². The molecule has 0 aliphatic rings. The predicted molar refractivity (Wildman–Crippen MR) is 124 cm³/mol. The van der Waals surface area contributed by atoms with Crippen LogP contribution in [0.5, 0.6) is 5.75 Å². The van der Waals surface area contributed by atoms with Crippen LogP contribution < -0.4 is 9.46 Å². The number of sulfonamides is 1. The highest BCUT2D eigenvalue weighted by Gasteiger charge is 2.24. The van der Waals surface area contributed by atoms with Gasteiger partial charge in [-0.3, -0.25) is 4.72 Å². The van der Waals surface area contributed by atoms with Gasteiger partial charge in [0.1, 0.15) is 16.9 Å². The Morgan fingerprint density at radius 3 is 2.50 bits per heavy atom. The zero-order chi connectivity index (χ0) is 23.4. The van der Waals surface area contributed by atoms with Gasteiger partial charge in [0.25, 0.3) is 10.0 Å². The number of ether oxygens (including phenoxy) is 1. The maximum absolute atomic E-state index is 13.0. The Balaban J connectivity index is 1.92. The zero-order valence-corrected chi connectivity index (χ0v) is 20.0. The first-order valence-corrected chi connectivity index (χ1v) is 12.3. The van der Waals surface area contributed by atoms with Crippen LogP contribution in [0, 0.1) is 0 Å². The molecule has 1 aromatic heterocycles. The molecule has 0 atom stereocenters. The molecule has 0 radical (unpaired) electrons. The van der Waals surface area contributed by atoms with E-state index in [1.807, 2.05) is 24.3 Å². The third kappa shape index (κ3) is 5.72. The number of nitrogens with zero attached hydrogens (tertiary/aromatic N) is 1. The van der Waals surface area contributed by atoms with E-state index in [2.05, 4.69) is 30.6 Å². The number of aryl methyl sites for hydroxylation is 1. The normalized spacial score (nSPS) is 11.9. The van der Waals surface area contributed by atoms with Crippen molar-refractivity contribution in [1.29, 1.82) is 0 Å². The van der Waals surface area contributed by atoms with Crippen LogP contribution in [0.2, 0.25) is 0 Å². The van der Waals surface area contributed by atoms with Crippen molar-refractivity contribution in [3.8, 4) is 5.75 Å². The lowest BCUT2D eigenvalue weighted by Crippen LogP contribution is -2.15. The molecule has 0 amide bonds. The van der Waals surface area contributed by atoms with E-state index in [-0.39, 0.29) is 22.5 Å². The monoisotopic (exact) mass is 474 g/mol. The van der Waals surface area contributed by atoms with E-state index in [9.17, 15) is 13.2 Å². The topological polar surface area (TPSA) is 98.5 Å². The summed E-state index contributed by atoms with van der Waals surface area (Å²) in [5.74, 6) is 1.19. The molecule has 1 heterocycles. The minimum absolute atomic E-state index is 0.0821. The third-order valence-corrected chi connectivity index (χ3v) is 7.20. The fourth-order valence-corrected chi connectivity index (χ4v) is 5.00. The number of carbonyl (C=O) groups is 1. The van der Waals surface area contributed by atoms with E-state index in [0.29, 0.717) is 22.8 Å². The average Bonchev–Trinajstić information content (AvgIpc) is 3.12. The van der Waals surface area contributed by atoms with Crippen LogP contribution in [-0.2, 0) is 26.7 Å². The fourth-order valence-electron chi connectivity index (χ4n) is 2.94. The quantitative estimate of drug-likeness (QED) is 0.433. The molecule has 0 bridgehead atoms. The summed E-state index contributed by atoms with van der Waals surface area (Å²) in [6.45, 7) is 6.19. The Morgan fingerprint density at radius 1 is 1.16 bits per heavy atom. The summed E-state index contributed by atoms with van der Waals surface area (Å²) in [6.07, 6.45) is 1.33. The van der Waals surface area contributed by atoms with Crippen LogP contribution in [0.15, 0.2) is 67.7 Å². The highest BCUT2D eigenvalue weighted by Crippen LogP contribution is 2.38. The van der Waals surface area contributed by atoms with Gasteiger partial charge in [0.15, 0.2) is 11.6 Å². The number of methoxy groups -OCH3 is 1. The lowest BCUT2D eigenvalue weighted by molar-refractivity contribution is -0.107. The van der Waals surface area contributed by atoms with Gasteiger partial charge in [0.2, 0.25) is 0 Å². The maximum atomic E-state index is 13.0. The number of aldehydes is 1. The number of aromatic nitrogens is 1. The molecule has 0 aliphatic heterocycles. The van der Waals surface area contributed by atoms with Crippen molar-refractivity contribution >= 4 is 33.9 Å². The lowest BCUT2D eigenvalue weighted by Gasteiger charge is -2.19. The predicted octanol–water partition coefficient (Wildman–Crippen LogP) is 5.06. The zero-order valence-electron chi connectivity index (χ0n) is 18.4. The molecule has 0 saturated carbocycles. The van der Waals surface area contributed by atoms with Crippen molar-refractivity contribution < 1.29 is 22.5 Å². The number of carbonyl (C=O) groups excluding carboxylic acids is 1. The summed E-state index contributed by atoms with van der Waals surface area (Å²) >= 11 is 1.29. The van der Waals surface area contributed by atoms with Gasteiger partial charge in [0.05, 0.1) is 12.0 Å². The molecule has 0 aliphatic carbocycles. The van der Waals surface area contributed by atoms with Gasteiger partial charge in [-0.2, -0.15) is 0 Å². The van der Waals surface area contributed by atoms with Crippen molar-refractivity contribution in [1.82, 2.24) is 5.16 Å². The first-order chi connectivity index (χ1) is 15.1. The number of nitrogens with one attached hydrogen (secondary N) is 1. The van der Waals surface area contributed by atoms with Gasteiger partial charge in [-0.05, 0) is 41.3 Å². The Bertz CT molecular complexity index is 1180. The van der Waals surface area contributed by atoms with E-state index in [4.69, 9.17) is 9.26 Å². The molecule has 3 aromatic rings. The summed E-state index contributed by atoms with van der Waals surface area (Å²) in [7, 11) is -2.32. The van der Waals surface area contributed by atoms with Gasteiger partial charge in [0, 0.05) is 17.7 Å². The largest absolute Gasteiger partial charge is 0.497 e. The standard InChI is InChI=1S/C23H26N2O5S2/c1-23(2,3)16-10-12-19(13-11-16)32(27,28)25-22-21(20(30-24-22)9-6-14-26)31-18-8-5-7-17(15-18)29-4/h5,7-8,10-15H,6,9H2,1-4H3,(H,24,25). The van der Waals surface area contributed by atoms with Crippen LogP contribution in [0.1, 0.15) is 38.5 Å². The SMILES string of the molecule is COc1cccc(Sc2c(NS(=O)(=O)c3ccc(C(C)(C)C)cc3)noc2CCC=O)c1. The Hall–Kier alpha value is -2.78. The highest BCUT2D eigenvalue weighted by atomic mass is 32.2. The van der Waals surface area contributed by atoms with Gasteiger partial charge in [-0.25, -0.2) is 8.42 Å². The average molecular weight is 475 g/mol. The maximum Gasteiger partial charge on any atom is 0.263 e. The van der Waals surface area contributed by atoms with Crippen LogP contribution in [-0.4, -0.2) is 27.0 Å². The van der Waals surface area contributed by atoms with Crippen LogP contribution >= 0.6 is 11.8 Å². The molecule has 2 aromatic carbocycles. The van der Waals surface area contributed by atoms with Crippen molar-refractivity contribution in [3.05, 3.63) is 59.9 Å². The molecule has 7 nitrogen and oxygen atoms in total. The number of rotatable bonds is 9. The molecule has 0 unspecified atom stereocenters. The van der Waals surface area contributed by atoms with E-state index in [1.165, 1.54) is 11.8 Å². The lowest BCUT2D eigenvalue weighted by atomic mass is 9.87. The number of anilines is 1. The van der Waals surface area contributed by atoms with Crippen LogP contribution in [0.25, 0.3) is 0 Å². The Labute approximate surface area is 192 Å². The van der Waals surface area contributed by atoms with Gasteiger partial charge < -0.3 is 14.1 Å². The summed E-state index contributed by atoms with van der Waals surface area (Å²) in [4.78, 5) is 12.3.